The van der Waals surface area contributed by atoms with Crippen LogP contribution in [0.25, 0.3) is 0 Å². The third kappa shape index (κ3) is 3.46. The number of anilines is 1. The monoisotopic (exact) mass is 484 g/mol. The topological polar surface area (TPSA) is 90.3 Å². The van der Waals surface area contributed by atoms with Gasteiger partial charge in [-0.1, -0.05) is 0 Å². The summed E-state index contributed by atoms with van der Waals surface area (Å²) in [5.41, 5.74) is 3.57. The van der Waals surface area contributed by atoms with Crippen LogP contribution in [0.4, 0.5) is 5.95 Å². The molecule has 0 spiro atoms. The van der Waals surface area contributed by atoms with Gasteiger partial charge in [-0.2, -0.15) is 5.10 Å². The first-order valence-electron chi connectivity index (χ1n) is 5.09. The van der Waals surface area contributed by atoms with E-state index in [4.69, 9.17) is 10.6 Å². The zero-order chi connectivity index (χ0) is 13.8. The van der Waals surface area contributed by atoms with Crippen LogP contribution in [0.5, 0.6) is 5.75 Å². The maximum Gasteiger partial charge on any atom is 0.263 e. The van der Waals surface area contributed by atoms with Crippen molar-refractivity contribution in [2.45, 2.75) is 0 Å². The van der Waals surface area contributed by atoms with Crippen molar-refractivity contribution in [3.63, 3.8) is 0 Å². The molecule has 9 heteroatoms. The molecule has 2 rings (SSSR count). The smallest absolute Gasteiger partial charge is 0.263 e. The van der Waals surface area contributed by atoms with Gasteiger partial charge in [0, 0.05) is 9.13 Å². The van der Waals surface area contributed by atoms with E-state index < -0.39 is 0 Å². The lowest BCUT2D eigenvalue weighted by molar-refractivity contribution is 0.411. The summed E-state index contributed by atoms with van der Waals surface area (Å²) in [7, 11) is 1.63. The van der Waals surface area contributed by atoms with Gasteiger partial charge in [0.1, 0.15) is 12.1 Å². The lowest BCUT2D eigenvalue weighted by Gasteiger charge is -2.07. The van der Waals surface area contributed by atoms with E-state index in [2.05, 4.69) is 65.9 Å². The molecular weight excluding hydrogens is 474 g/mol. The van der Waals surface area contributed by atoms with Crippen molar-refractivity contribution in [1.29, 1.82) is 0 Å². The number of ether oxygens (including phenoxy) is 1. The Morgan fingerprint density at radius 3 is 2.89 bits per heavy atom. The van der Waals surface area contributed by atoms with E-state index in [9.17, 15) is 0 Å². The highest BCUT2D eigenvalue weighted by molar-refractivity contribution is 14.1. The van der Waals surface area contributed by atoms with Crippen molar-refractivity contribution in [1.82, 2.24) is 14.9 Å². The normalized spacial score (nSPS) is 10.9. The van der Waals surface area contributed by atoms with Crippen LogP contribution in [0.3, 0.4) is 0 Å². The van der Waals surface area contributed by atoms with E-state index in [-0.39, 0.29) is 0 Å². The van der Waals surface area contributed by atoms with Crippen LogP contribution in [-0.4, -0.2) is 28.2 Å². The molecule has 0 unspecified atom stereocenters. The van der Waals surface area contributed by atoms with Crippen molar-refractivity contribution in [3.05, 3.63) is 31.2 Å². The SMILES string of the molecule is COc1c(I)cc(I)cc1/C=N\Nc1nncn1N. The average Bonchev–Trinajstić information content (AvgIpc) is 2.75. The summed E-state index contributed by atoms with van der Waals surface area (Å²) in [4.78, 5) is 0. The zero-order valence-electron chi connectivity index (χ0n) is 9.84. The molecule has 0 atom stereocenters. The number of nitrogens with two attached hydrogens (primary N) is 1. The minimum atomic E-state index is 0.357. The van der Waals surface area contributed by atoms with Gasteiger partial charge in [-0.3, -0.25) is 0 Å². The summed E-state index contributed by atoms with van der Waals surface area (Å²) in [6.45, 7) is 0. The first-order valence-corrected chi connectivity index (χ1v) is 7.24. The summed E-state index contributed by atoms with van der Waals surface area (Å²) < 4.78 is 8.72. The minimum absolute atomic E-state index is 0.357. The number of methoxy groups -OCH3 is 1. The van der Waals surface area contributed by atoms with Gasteiger partial charge in [0.25, 0.3) is 5.95 Å². The van der Waals surface area contributed by atoms with Crippen LogP contribution in [0.1, 0.15) is 5.56 Å². The van der Waals surface area contributed by atoms with Gasteiger partial charge in [0.2, 0.25) is 0 Å². The number of hydrogen-bond donors (Lipinski definition) is 2. The molecule has 1 aromatic carbocycles. The van der Waals surface area contributed by atoms with Crippen LogP contribution in [0.2, 0.25) is 0 Å². The van der Waals surface area contributed by atoms with Crippen LogP contribution in [0.15, 0.2) is 23.6 Å². The number of hydrazone groups is 1. The Labute approximate surface area is 136 Å². The van der Waals surface area contributed by atoms with E-state index in [1.54, 1.807) is 13.3 Å². The molecule has 0 fully saturated rings. The molecule has 1 heterocycles. The number of benzene rings is 1. The molecule has 0 saturated carbocycles. The molecule has 0 aliphatic carbocycles. The second kappa shape index (κ2) is 6.36. The lowest BCUT2D eigenvalue weighted by Crippen LogP contribution is -2.10. The quantitative estimate of drug-likeness (QED) is 0.299. The molecule has 0 amide bonds. The van der Waals surface area contributed by atoms with Gasteiger partial charge in [0.15, 0.2) is 0 Å². The minimum Gasteiger partial charge on any atom is -0.495 e. The fourth-order valence-electron chi connectivity index (χ4n) is 1.37. The summed E-state index contributed by atoms with van der Waals surface area (Å²) in [6, 6.07) is 4.00. The molecular formula is C10H10I2N6O. The number of aromatic nitrogens is 3. The molecule has 7 nitrogen and oxygen atoms in total. The fourth-order valence-corrected chi connectivity index (χ4v) is 3.48. The Balaban J connectivity index is 2.21. The van der Waals surface area contributed by atoms with Gasteiger partial charge in [-0.05, 0) is 57.3 Å². The number of nitrogen functional groups attached to an aromatic ring is 1. The standard InChI is InChI=1S/C10H10I2N6O/c1-19-9-6(2-7(11)3-8(9)12)4-14-16-10-17-15-5-18(10)13/h2-5H,13H2,1H3,(H,16,17)/b14-4-. The van der Waals surface area contributed by atoms with Gasteiger partial charge < -0.3 is 10.6 Å². The van der Waals surface area contributed by atoms with Crippen molar-refractivity contribution < 1.29 is 4.74 Å². The van der Waals surface area contributed by atoms with Crippen LogP contribution in [0, 0.1) is 7.14 Å². The second-order valence-electron chi connectivity index (χ2n) is 3.44. The number of hydrogen-bond acceptors (Lipinski definition) is 6. The second-order valence-corrected chi connectivity index (χ2v) is 5.85. The Kier molecular flexibility index (Phi) is 4.79. The molecule has 0 bridgehead atoms. The highest BCUT2D eigenvalue weighted by Gasteiger charge is 2.07. The molecule has 0 radical (unpaired) electrons. The summed E-state index contributed by atoms with van der Waals surface area (Å²) in [6.07, 6.45) is 3.03. The summed E-state index contributed by atoms with van der Waals surface area (Å²) in [5.74, 6) is 6.69. The third-order valence-corrected chi connectivity index (χ3v) is 3.61. The first kappa shape index (κ1) is 14.3. The van der Waals surface area contributed by atoms with Gasteiger partial charge in [-0.25, -0.2) is 10.1 Å². The summed E-state index contributed by atoms with van der Waals surface area (Å²) in [5, 5.41) is 11.5. The van der Waals surface area contributed by atoms with Crippen LogP contribution in [-0.2, 0) is 0 Å². The predicted octanol–water partition coefficient (Wildman–Crippen LogP) is 1.66. The molecule has 0 aliphatic rings. The van der Waals surface area contributed by atoms with Crippen LogP contribution < -0.4 is 16.0 Å². The van der Waals surface area contributed by atoms with E-state index >= 15 is 0 Å². The van der Waals surface area contributed by atoms with E-state index in [0.717, 1.165) is 18.5 Å². The summed E-state index contributed by atoms with van der Waals surface area (Å²) >= 11 is 4.46. The highest BCUT2D eigenvalue weighted by atomic mass is 127. The largest absolute Gasteiger partial charge is 0.495 e. The van der Waals surface area contributed by atoms with Crippen LogP contribution >= 0.6 is 45.2 Å². The maximum absolute atomic E-state index is 5.55. The van der Waals surface area contributed by atoms with Gasteiger partial charge >= 0.3 is 0 Å². The molecule has 100 valence electrons. The van der Waals surface area contributed by atoms with Crippen molar-refractivity contribution >= 4 is 57.3 Å². The van der Waals surface area contributed by atoms with E-state index in [1.807, 2.05) is 12.1 Å². The molecule has 0 saturated heterocycles. The van der Waals surface area contributed by atoms with Gasteiger partial charge in [-0.15, -0.1) is 10.2 Å². The zero-order valence-corrected chi connectivity index (χ0v) is 14.2. The van der Waals surface area contributed by atoms with Gasteiger partial charge in [0.05, 0.1) is 16.9 Å². The van der Waals surface area contributed by atoms with E-state index in [1.165, 1.54) is 11.0 Å². The third-order valence-electron chi connectivity index (χ3n) is 2.18. The first-order chi connectivity index (χ1) is 9.11. The van der Waals surface area contributed by atoms with Crippen molar-refractivity contribution in [3.8, 4) is 5.75 Å². The highest BCUT2D eigenvalue weighted by Crippen LogP contribution is 2.26. The Morgan fingerprint density at radius 2 is 2.26 bits per heavy atom. The number of nitrogens with zero attached hydrogens (tertiary/aromatic N) is 4. The number of nitrogens with one attached hydrogen (secondary N) is 1. The Bertz CT molecular complexity index is 612. The van der Waals surface area contributed by atoms with Crippen molar-refractivity contribution in [2.75, 3.05) is 18.4 Å². The maximum atomic E-state index is 5.55. The predicted molar refractivity (Wildman–Crippen MR) is 89.8 cm³/mol. The van der Waals surface area contributed by atoms with E-state index in [0.29, 0.717) is 5.95 Å². The van der Waals surface area contributed by atoms with Crippen molar-refractivity contribution in [2.24, 2.45) is 5.10 Å². The molecule has 19 heavy (non-hydrogen) atoms. The Morgan fingerprint density at radius 1 is 1.47 bits per heavy atom. The number of halogens is 2. The molecule has 2 aromatic rings. The molecule has 3 N–H and O–H groups in total. The lowest BCUT2D eigenvalue weighted by atomic mass is 10.2. The number of rotatable bonds is 4. The molecule has 0 aliphatic heterocycles. The average molecular weight is 484 g/mol. The Hall–Kier alpha value is -1.11. The molecule has 1 aromatic heterocycles. The fraction of sp³-hybridized carbons (Fsp3) is 0.100.